The van der Waals surface area contributed by atoms with Crippen LogP contribution >= 0.6 is 11.6 Å². The number of fused-ring (bicyclic) bond motifs is 3. The Hall–Kier alpha value is -3.38. The number of halogens is 2. The monoisotopic (exact) mass is 420 g/mol. The number of para-hydroxylation sites is 2. The first kappa shape index (κ1) is 18.6. The van der Waals surface area contributed by atoms with Crippen molar-refractivity contribution in [2.24, 2.45) is 0 Å². The zero-order valence-corrected chi connectivity index (χ0v) is 16.7. The molecule has 4 aromatic rings. The molecule has 0 saturated heterocycles. The maximum atomic E-state index is 13.1. The van der Waals surface area contributed by atoms with Crippen molar-refractivity contribution in [1.82, 2.24) is 9.55 Å². The molecular weight excluding hydrogens is 403 g/mol. The van der Waals surface area contributed by atoms with E-state index in [0.717, 1.165) is 35.6 Å². The number of nitrogens with one attached hydrogen (secondary N) is 1. The first-order valence-electron chi connectivity index (χ1n) is 9.64. The molecule has 30 heavy (non-hydrogen) atoms. The second kappa shape index (κ2) is 7.46. The molecule has 0 aliphatic carbocycles. The third kappa shape index (κ3) is 3.39. The quantitative estimate of drug-likeness (QED) is 0.501. The number of hydrogen-bond acceptors (Lipinski definition) is 3. The van der Waals surface area contributed by atoms with Gasteiger partial charge in [-0.1, -0.05) is 23.7 Å². The molecule has 0 atom stereocenters. The maximum absolute atomic E-state index is 13.1. The SMILES string of the molecule is O=C(Nc1ccc(N2CCn3c(nc4ccccc43)C2)cc1Cl)c1ccc(F)cc1. The van der Waals surface area contributed by atoms with Gasteiger partial charge in [-0.05, 0) is 54.6 Å². The van der Waals surface area contributed by atoms with Gasteiger partial charge in [0, 0.05) is 24.3 Å². The first-order valence-corrected chi connectivity index (χ1v) is 10.0. The van der Waals surface area contributed by atoms with E-state index in [1.165, 1.54) is 24.3 Å². The summed E-state index contributed by atoms with van der Waals surface area (Å²) in [5.74, 6) is 0.299. The number of anilines is 2. The largest absolute Gasteiger partial charge is 0.362 e. The lowest BCUT2D eigenvalue weighted by atomic mass is 10.2. The Morgan fingerprint density at radius 2 is 1.83 bits per heavy atom. The number of amides is 1. The molecule has 1 N–H and O–H groups in total. The van der Waals surface area contributed by atoms with E-state index in [1.54, 1.807) is 6.07 Å². The molecule has 7 heteroatoms. The number of rotatable bonds is 3. The minimum atomic E-state index is -0.385. The van der Waals surface area contributed by atoms with Crippen LogP contribution in [0.2, 0.25) is 5.02 Å². The molecule has 1 amide bonds. The predicted molar refractivity (Wildman–Crippen MR) is 117 cm³/mol. The van der Waals surface area contributed by atoms with Crippen molar-refractivity contribution >= 4 is 39.9 Å². The van der Waals surface area contributed by atoms with Crippen molar-refractivity contribution < 1.29 is 9.18 Å². The summed E-state index contributed by atoms with van der Waals surface area (Å²) < 4.78 is 15.3. The fourth-order valence-corrected chi connectivity index (χ4v) is 4.01. The van der Waals surface area contributed by atoms with Crippen molar-refractivity contribution in [1.29, 1.82) is 0 Å². The molecule has 0 spiro atoms. The van der Waals surface area contributed by atoms with Gasteiger partial charge in [0.1, 0.15) is 11.6 Å². The molecule has 5 nitrogen and oxygen atoms in total. The van der Waals surface area contributed by atoms with E-state index >= 15 is 0 Å². The number of carbonyl (C=O) groups excluding carboxylic acids is 1. The number of aromatic nitrogens is 2. The highest BCUT2D eigenvalue weighted by atomic mass is 35.5. The van der Waals surface area contributed by atoms with Crippen molar-refractivity contribution in [2.75, 3.05) is 16.8 Å². The van der Waals surface area contributed by atoms with Gasteiger partial charge < -0.3 is 14.8 Å². The summed E-state index contributed by atoms with van der Waals surface area (Å²) in [6, 6.07) is 19.1. The van der Waals surface area contributed by atoms with Crippen molar-refractivity contribution in [3.05, 3.63) is 89.0 Å². The van der Waals surface area contributed by atoms with Crippen LogP contribution in [0.5, 0.6) is 0 Å². The second-order valence-corrected chi connectivity index (χ2v) is 7.62. The number of nitrogens with zero attached hydrogens (tertiary/aromatic N) is 3. The zero-order valence-electron chi connectivity index (χ0n) is 16.0. The lowest BCUT2D eigenvalue weighted by Crippen LogP contribution is -2.33. The average molecular weight is 421 g/mol. The van der Waals surface area contributed by atoms with E-state index in [2.05, 4.69) is 20.9 Å². The smallest absolute Gasteiger partial charge is 0.255 e. The normalized spacial score (nSPS) is 13.3. The van der Waals surface area contributed by atoms with Crippen LogP contribution in [0.15, 0.2) is 66.7 Å². The van der Waals surface area contributed by atoms with Crippen molar-refractivity contribution in [2.45, 2.75) is 13.1 Å². The van der Waals surface area contributed by atoms with Gasteiger partial charge in [0.05, 0.1) is 28.3 Å². The molecule has 1 aliphatic heterocycles. The van der Waals surface area contributed by atoms with Gasteiger partial charge in [-0.3, -0.25) is 4.79 Å². The molecule has 0 saturated carbocycles. The van der Waals surface area contributed by atoms with E-state index in [1.807, 2.05) is 30.3 Å². The molecule has 0 radical (unpaired) electrons. The molecule has 0 bridgehead atoms. The van der Waals surface area contributed by atoms with Gasteiger partial charge >= 0.3 is 0 Å². The summed E-state index contributed by atoms with van der Waals surface area (Å²) in [7, 11) is 0. The van der Waals surface area contributed by atoms with Crippen LogP contribution in [-0.2, 0) is 13.1 Å². The van der Waals surface area contributed by atoms with Gasteiger partial charge in [0.25, 0.3) is 5.91 Å². The molecule has 3 aromatic carbocycles. The van der Waals surface area contributed by atoms with Crippen molar-refractivity contribution in [3.8, 4) is 0 Å². The fourth-order valence-electron chi connectivity index (χ4n) is 3.78. The van der Waals surface area contributed by atoms with Crippen LogP contribution < -0.4 is 10.2 Å². The average Bonchev–Trinajstić information content (AvgIpc) is 3.13. The summed E-state index contributed by atoms with van der Waals surface area (Å²) in [4.78, 5) is 19.3. The molecule has 5 rings (SSSR count). The molecular formula is C23H18ClFN4O. The molecule has 1 aliphatic rings. The summed E-state index contributed by atoms with van der Waals surface area (Å²) in [6.07, 6.45) is 0. The molecule has 150 valence electrons. The summed E-state index contributed by atoms with van der Waals surface area (Å²) in [5, 5.41) is 3.23. The highest BCUT2D eigenvalue weighted by molar-refractivity contribution is 6.34. The fraction of sp³-hybridized carbons (Fsp3) is 0.130. The topological polar surface area (TPSA) is 50.2 Å². The Morgan fingerprint density at radius 1 is 1.03 bits per heavy atom. The van der Waals surface area contributed by atoms with E-state index in [-0.39, 0.29) is 11.7 Å². The number of benzene rings is 3. The lowest BCUT2D eigenvalue weighted by molar-refractivity contribution is 0.102. The van der Waals surface area contributed by atoms with Crippen LogP contribution in [0.1, 0.15) is 16.2 Å². The first-order chi connectivity index (χ1) is 14.6. The number of carbonyl (C=O) groups is 1. The Morgan fingerprint density at radius 3 is 2.63 bits per heavy atom. The summed E-state index contributed by atoms with van der Waals surface area (Å²) >= 11 is 6.45. The van der Waals surface area contributed by atoms with Crippen LogP contribution in [0, 0.1) is 5.82 Å². The lowest BCUT2D eigenvalue weighted by Gasteiger charge is -2.30. The van der Waals surface area contributed by atoms with Crippen LogP contribution in [-0.4, -0.2) is 22.0 Å². The Labute approximate surface area is 177 Å². The minimum absolute atomic E-state index is 0.337. The summed E-state index contributed by atoms with van der Waals surface area (Å²) in [6.45, 7) is 2.37. The Bertz CT molecular complexity index is 1250. The third-order valence-corrected chi connectivity index (χ3v) is 5.64. The van der Waals surface area contributed by atoms with Gasteiger partial charge in [0.15, 0.2) is 0 Å². The van der Waals surface area contributed by atoms with Crippen molar-refractivity contribution in [3.63, 3.8) is 0 Å². The third-order valence-electron chi connectivity index (χ3n) is 5.33. The van der Waals surface area contributed by atoms with Crippen LogP contribution in [0.3, 0.4) is 0 Å². The highest BCUT2D eigenvalue weighted by Crippen LogP contribution is 2.30. The van der Waals surface area contributed by atoms with Crippen LogP contribution in [0.25, 0.3) is 11.0 Å². The summed E-state index contributed by atoms with van der Waals surface area (Å²) in [5.41, 5.74) is 4.01. The standard InChI is InChI=1S/C23H18ClFN4O/c24-18-13-17(9-10-19(18)27-23(30)15-5-7-16(25)8-6-15)28-11-12-29-21-4-2-1-3-20(21)26-22(29)14-28/h1-10,13H,11-12,14H2,(H,27,30). The number of hydrogen-bond donors (Lipinski definition) is 1. The van der Waals surface area contributed by atoms with E-state index in [4.69, 9.17) is 16.6 Å². The molecule has 2 heterocycles. The Balaban J connectivity index is 1.34. The van der Waals surface area contributed by atoms with E-state index < -0.39 is 0 Å². The van der Waals surface area contributed by atoms with Gasteiger partial charge in [-0.25, -0.2) is 9.37 Å². The Kier molecular flexibility index (Phi) is 4.64. The van der Waals surface area contributed by atoms with Gasteiger partial charge in [0.2, 0.25) is 0 Å². The number of imidazole rings is 1. The van der Waals surface area contributed by atoms with E-state index in [9.17, 15) is 9.18 Å². The predicted octanol–water partition coefficient (Wildman–Crippen LogP) is 5.10. The molecule has 1 aromatic heterocycles. The zero-order chi connectivity index (χ0) is 20.7. The molecule has 0 fully saturated rings. The maximum Gasteiger partial charge on any atom is 0.255 e. The van der Waals surface area contributed by atoms with Gasteiger partial charge in [-0.2, -0.15) is 0 Å². The van der Waals surface area contributed by atoms with E-state index in [0.29, 0.717) is 22.8 Å². The molecule has 0 unspecified atom stereocenters. The van der Waals surface area contributed by atoms with Crippen LogP contribution in [0.4, 0.5) is 15.8 Å². The second-order valence-electron chi connectivity index (χ2n) is 7.22. The minimum Gasteiger partial charge on any atom is -0.362 e. The van der Waals surface area contributed by atoms with Gasteiger partial charge in [-0.15, -0.1) is 0 Å². The highest BCUT2D eigenvalue weighted by Gasteiger charge is 2.21.